The van der Waals surface area contributed by atoms with Crippen LogP contribution < -0.4 is 5.32 Å². The van der Waals surface area contributed by atoms with Crippen molar-refractivity contribution < 1.29 is 4.74 Å². The Bertz CT molecular complexity index is 345. The zero-order valence-corrected chi connectivity index (χ0v) is 11.4. The number of thiophene rings is 2. The lowest BCUT2D eigenvalue weighted by Crippen LogP contribution is -2.22. The molecule has 0 aliphatic carbocycles. The van der Waals surface area contributed by atoms with E-state index in [2.05, 4.69) is 39.7 Å². The third-order valence-electron chi connectivity index (χ3n) is 2.42. The minimum atomic E-state index is 0.740. The van der Waals surface area contributed by atoms with E-state index in [4.69, 9.17) is 4.74 Å². The summed E-state index contributed by atoms with van der Waals surface area (Å²) in [4.78, 5) is 1.29. The van der Waals surface area contributed by atoms with Gasteiger partial charge in [-0.15, -0.1) is 11.3 Å². The van der Waals surface area contributed by atoms with Gasteiger partial charge >= 0.3 is 0 Å². The Morgan fingerprint density at radius 3 is 2.94 bits per heavy atom. The highest BCUT2D eigenvalue weighted by molar-refractivity contribution is 7.09. The van der Waals surface area contributed by atoms with Gasteiger partial charge in [-0.2, -0.15) is 11.3 Å². The van der Waals surface area contributed by atoms with Crippen LogP contribution in [0.25, 0.3) is 0 Å². The fourth-order valence-corrected chi connectivity index (χ4v) is 2.85. The number of hydrogen-bond acceptors (Lipinski definition) is 4. The van der Waals surface area contributed by atoms with Gasteiger partial charge in [0.25, 0.3) is 0 Å². The highest BCUT2D eigenvalue weighted by Gasteiger charge is 1.95. The highest BCUT2D eigenvalue weighted by Crippen LogP contribution is 2.09. The molecule has 4 heteroatoms. The van der Waals surface area contributed by atoms with Crippen molar-refractivity contribution in [2.75, 3.05) is 19.7 Å². The summed E-state index contributed by atoms with van der Waals surface area (Å²) in [5, 5.41) is 9.80. The summed E-state index contributed by atoms with van der Waals surface area (Å²) < 4.78 is 5.57. The van der Waals surface area contributed by atoms with E-state index in [9.17, 15) is 0 Å². The lowest BCUT2D eigenvalue weighted by molar-refractivity contribution is 0.125. The Morgan fingerprint density at radius 1 is 1.18 bits per heavy atom. The molecule has 92 valence electrons. The van der Waals surface area contributed by atoms with Crippen LogP contribution in [-0.4, -0.2) is 19.7 Å². The highest BCUT2D eigenvalue weighted by atomic mass is 32.1. The monoisotopic (exact) mass is 267 g/mol. The Morgan fingerprint density at radius 2 is 2.18 bits per heavy atom. The van der Waals surface area contributed by atoms with Crippen molar-refractivity contribution in [2.45, 2.75) is 13.0 Å². The van der Waals surface area contributed by atoms with Crippen molar-refractivity contribution in [3.05, 3.63) is 44.8 Å². The van der Waals surface area contributed by atoms with Crippen LogP contribution in [0.15, 0.2) is 34.3 Å². The third kappa shape index (κ3) is 5.00. The van der Waals surface area contributed by atoms with E-state index in [1.54, 1.807) is 22.7 Å². The Kier molecular flexibility index (Phi) is 5.71. The second kappa shape index (κ2) is 7.61. The molecule has 2 heterocycles. The zero-order chi connectivity index (χ0) is 11.8. The molecule has 0 amide bonds. The van der Waals surface area contributed by atoms with Crippen molar-refractivity contribution in [2.24, 2.45) is 0 Å². The molecule has 0 aromatic carbocycles. The van der Waals surface area contributed by atoms with Crippen molar-refractivity contribution in [3.8, 4) is 0 Å². The molecule has 2 aromatic heterocycles. The molecule has 0 fully saturated rings. The summed E-state index contributed by atoms with van der Waals surface area (Å²) in [6, 6.07) is 6.34. The average molecular weight is 267 g/mol. The quantitative estimate of drug-likeness (QED) is 0.742. The first-order valence-electron chi connectivity index (χ1n) is 5.77. The van der Waals surface area contributed by atoms with Gasteiger partial charge in [-0.3, -0.25) is 0 Å². The number of hydrogen-bond donors (Lipinski definition) is 1. The molecule has 0 bridgehead atoms. The Hall–Kier alpha value is -0.680. The SMILES string of the molecule is c1csc(COCCNCCc2ccsc2)c1. The summed E-state index contributed by atoms with van der Waals surface area (Å²) in [6.45, 7) is 3.47. The second-order valence-electron chi connectivity index (χ2n) is 3.76. The molecule has 0 unspecified atom stereocenters. The molecular formula is C13H17NOS2. The maximum absolute atomic E-state index is 5.57. The number of nitrogens with one attached hydrogen (secondary N) is 1. The molecule has 2 nitrogen and oxygen atoms in total. The molecule has 0 saturated carbocycles. The molecule has 17 heavy (non-hydrogen) atoms. The summed E-state index contributed by atoms with van der Waals surface area (Å²) >= 11 is 3.50. The smallest absolute Gasteiger partial charge is 0.0809 e. The van der Waals surface area contributed by atoms with E-state index in [0.29, 0.717) is 0 Å². The van der Waals surface area contributed by atoms with E-state index in [1.165, 1.54) is 10.4 Å². The van der Waals surface area contributed by atoms with Crippen LogP contribution in [0.2, 0.25) is 0 Å². The normalized spacial score (nSPS) is 10.8. The van der Waals surface area contributed by atoms with E-state index >= 15 is 0 Å². The largest absolute Gasteiger partial charge is 0.375 e. The van der Waals surface area contributed by atoms with Gasteiger partial charge in [0.2, 0.25) is 0 Å². The topological polar surface area (TPSA) is 21.3 Å². The Balaban J connectivity index is 1.44. The minimum absolute atomic E-state index is 0.740. The first-order valence-corrected chi connectivity index (χ1v) is 7.59. The van der Waals surface area contributed by atoms with Crippen LogP contribution in [0.4, 0.5) is 0 Å². The lowest BCUT2D eigenvalue weighted by atomic mass is 10.2. The van der Waals surface area contributed by atoms with Gasteiger partial charge in [0.15, 0.2) is 0 Å². The van der Waals surface area contributed by atoms with Crippen LogP contribution in [0.5, 0.6) is 0 Å². The van der Waals surface area contributed by atoms with Crippen LogP contribution in [0.3, 0.4) is 0 Å². The standard InChI is InChI=1S/C13H17NOS2/c1-2-13(17-8-1)10-15-7-6-14-5-3-12-4-9-16-11-12/h1-2,4,8-9,11,14H,3,5-7,10H2. The van der Waals surface area contributed by atoms with Crippen LogP contribution >= 0.6 is 22.7 Å². The average Bonchev–Trinajstić information content (AvgIpc) is 3.00. The van der Waals surface area contributed by atoms with Crippen LogP contribution in [-0.2, 0) is 17.8 Å². The number of rotatable bonds is 8. The first kappa shape index (κ1) is 12.8. The third-order valence-corrected chi connectivity index (χ3v) is 4.00. The zero-order valence-electron chi connectivity index (χ0n) is 9.72. The summed E-state index contributed by atoms with van der Waals surface area (Å²) in [5.74, 6) is 0. The van der Waals surface area contributed by atoms with Crippen molar-refractivity contribution in [3.63, 3.8) is 0 Å². The van der Waals surface area contributed by atoms with Crippen LogP contribution in [0.1, 0.15) is 10.4 Å². The fraction of sp³-hybridized carbons (Fsp3) is 0.385. The molecule has 0 aliphatic rings. The fourth-order valence-electron chi connectivity index (χ4n) is 1.50. The van der Waals surface area contributed by atoms with E-state index in [0.717, 1.165) is 32.7 Å². The summed E-state index contributed by atoms with van der Waals surface area (Å²) in [6.07, 6.45) is 1.11. The molecule has 0 aliphatic heterocycles. The maximum atomic E-state index is 5.57. The van der Waals surface area contributed by atoms with E-state index in [-0.39, 0.29) is 0 Å². The maximum Gasteiger partial charge on any atom is 0.0809 e. The van der Waals surface area contributed by atoms with Crippen molar-refractivity contribution in [1.29, 1.82) is 0 Å². The molecule has 2 rings (SSSR count). The summed E-state index contributed by atoms with van der Waals surface area (Å²) in [5.41, 5.74) is 1.42. The lowest BCUT2D eigenvalue weighted by Gasteiger charge is -2.04. The van der Waals surface area contributed by atoms with E-state index in [1.807, 2.05) is 0 Å². The second-order valence-corrected chi connectivity index (χ2v) is 5.58. The molecule has 0 radical (unpaired) electrons. The van der Waals surface area contributed by atoms with Gasteiger partial charge in [-0.25, -0.2) is 0 Å². The van der Waals surface area contributed by atoms with Gasteiger partial charge in [0, 0.05) is 11.4 Å². The van der Waals surface area contributed by atoms with Crippen molar-refractivity contribution >= 4 is 22.7 Å². The molecule has 0 atom stereocenters. The first-order chi connectivity index (χ1) is 8.45. The van der Waals surface area contributed by atoms with Gasteiger partial charge in [0.05, 0.1) is 13.2 Å². The van der Waals surface area contributed by atoms with Gasteiger partial charge in [-0.05, 0) is 46.8 Å². The number of ether oxygens (including phenoxy) is 1. The molecular weight excluding hydrogens is 250 g/mol. The van der Waals surface area contributed by atoms with Crippen LogP contribution in [0, 0.1) is 0 Å². The van der Waals surface area contributed by atoms with Gasteiger partial charge < -0.3 is 10.1 Å². The Labute approximate surface area is 110 Å². The summed E-state index contributed by atoms with van der Waals surface area (Å²) in [7, 11) is 0. The predicted octanol–water partition coefficient (Wildman–Crippen LogP) is 3.16. The predicted molar refractivity (Wildman–Crippen MR) is 74.9 cm³/mol. The van der Waals surface area contributed by atoms with E-state index < -0.39 is 0 Å². The molecule has 0 spiro atoms. The molecule has 1 N–H and O–H groups in total. The molecule has 0 saturated heterocycles. The van der Waals surface area contributed by atoms with Crippen molar-refractivity contribution in [1.82, 2.24) is 5.32 Å². The molecule has 2 aromatic rings. The van der Waals surface area contributed by atoms with Gasteiger partial charge in [-0.1, -0.05) is 6.07 Å². The minimum Gasteiger partial charge on any atom is -0.375 e. The van der Waals surface area contributed by atoms with Gasteiger partial charge in [0.1, 0.15) is 0 Å².